The number of alkyl halides is 1. The first kappa shape index (κ1) is 29.1. The van der Waals surface area contributed by atoms with Crippen LogP contribution in [0.2, 0.25) is 0 Å². The molecule has 238 valence electrons. The minimum Gasteiger partial charge on any atom is -0.508 e. The second-order valence-corrected chi connectivity index (χ2v) is 13.3. The molecule has 0 saturated carbocycles. The number of ether oxygens (including phenoxy) is 2. The van der Waals surface area contributed by atoms with E-state index in [-0.39, 0.29) is 76.6 Å². The van der Waals surface area contributed by atoms with Crippen LogP contribution in [0.3, 0.4) is 0 Å². The maximum atomic E-state index is 16.9. The molecular formula is C34H32F3N5O4. The number of hydrogen-bond acceptors (Lipinski definition) is 9. The normalized spacial score (nSPS) is 27.3. The van der Waals surface area contributed by atoms with Crippen molar-refractivity contribution < 1.29 is 32.9 Å². The Morgan fingerprint density at radius 3 is 2.85 bits per heavy atom. The minimum atomic E-state index is -1.04. The van der Waals surface area contributed by atoms with E-state index >= 15 is 4.39 Å². The number of terminal acetylenes is 1. The second-order valence-electron chi connectivity index (χ2n) is 13.3. The molecular weight excluding hydrogens is 599 g/mol. The highest BCUT2D eigenvalue weighted by molar-refractivity contribution is 6.04. The Hall–Kier alpha value is -4.34. The van der Waals surface area contributed by atoms with Crippen LogP contribution in [0.1, 0.15) is 44.6 Å². The molecule has 2 N–H and O–H groups in total. The molecule has 4 aliphatic rings. The van der Waals surface area contributed by atoms with Gasteiger partial charge in [-0.05, 0) is 62.7 Å². The first-order valence-corrected chi connectivity index (χ1v) is 15.5. The maximum absolute atomic E-state index is 16.9. The van der Waals surface area contributed by atoms with Crippen molar-refractivity contribution in [2.24, 2.45) is 0 Å². The SMILES string of the molecule is C#Cc1c(F)ccc2cc(O)cc(-c3nc4c5c(nc(OC[C@@]67CCCN6C[C@H](F)C7)nc5c3F)N3C[C@](C)(O)CC[C@H]3CO4)c12. The molecule has 6 heterocycles. The van der Waals surface area contributed by atoms with Crippen molar-refractivity contribution >= 4 is 27.5 Å². The number of rotatable bonds is 4. The maximum Gasteiger partial charge on any atom is 0.319 e. The third-order valence-electron chi connectivity index (χ3n) is 10.0. The predicted octanol–water partition coefficient (Wildman–Crippen LogP) is 4.88. The molecule has 9 nitrogen and oxygen atoms in total. The molecule has 3 fully saturated rings. The molecule has 46 heavy (non-hydrogen) atoms. The van der Waals surface area contributed by atoms with Crippen LogP contribution in [0, 0.1) is 24.0 Å². The number of aliphatic hydroxyl groups is 1. The lowest BCUT2D eigenvalue weighted by Gasteiger charge is -2.42. The van der Waals surface area contributed by atoms with Gasteiger partial charge in [-0.1, -0.05) is 12.0 Å². The van der Waals surface area contributed by atoms with E-state index in [1.54, 1.807) is 6.92 Å². The number of piperidine rings is 1. The van der Waals surface area contributed by atoms with E-state index in [1.165, 1.54) is 24.3 Å². The second kappa shape index (κ2) is 10.3. The average Bonchev–Trinajstić information content (AvgIpc) is 3.50. The van der Waals surface area contributed by atoms with E-state index in [0.29, 0.717) is 37.0 Å². The summed E-state index contributed by atoms with van der Waals surface area (Å²) >= 11 is 0. The molecule has 4 aliphatic heterocycles. The quantitative estimate of drug-likeness (QED) is 0.305. The minimum absolute atomic E-state index is 0.0498. The fraction of sp³-hybridized carbons (Fsp3) is 0.441. The van der Waals surface area contributed by atoms with E-state index in [4.69, 9.17) is 20.9 Å². The predicted molar refractivity (Wildman–Crippen MR) is 165 cm³/mol. The van der Waals surface area contributed by atoms with Crippen molar-refractivity contribution in [3.63, 3.8) is 0 Å². The number of aromatic hydroxyl groups is 1. The van der Waals surface area contributed by atoms with Gasteiger partial charge in [0.1, 0.15) is 53.4 Å². The number of benzene rings is 2. The van der Waals surface area contributed by atoms with Crippen molar-refractivity contribution in [2.75, 3.05) is 37.7 Å². The smallest absolute Gasteiger partial charge is 0.319 e. The summed E-state index contributed by atoms with van der Waals surface area (Å²) in [4.78, 5) is 17.9. The van der Waals surface area contributed by atoms with Crippen molar-refractivity contribution in [3.8, 4) is 41.2 Å². The Kier molecular flexibility index (Phi) is 6.54. The summed E-state index contributed by atoms with van der Waals surface area (Å²) in [6.45, 7) is 3.38. The van der Waals surface area contributed by atoms with Gasteiger partial charge in [-0.3, -0.25) is 4.90 Å². The Morgan fingerprint density at radius 2 is 2.02 bits per heavy atom. The molecule has 8 rings (SSSR count). The van der Waals surface area contributed by atoms with Crippen LogP contribution in [0.5, 0.6) is 17.6 Å². The summed E-state index contributed by atoms with van der Waals surface area (Å²) in [6, 6.07) is 5.03. The lowest BCUT2D eigenvalue weighted by Crippen LogP contribution is -2.53. The first-order chi connectivity index (χ1) is 22.1. The summed E-state index contributed by atoms with van der Waals surface area (Å²) < 4.78 is 58.8. The monoisotopic (exact) mass is 631 g/mol. The van der Waals surface area contributed by atoms with Gasteiger partial charge in [-0.15, -0.1) is 6.42 Å². The molecule has 2 aromatic carbocycles. The van der Waals surface area contributed by atoms with E-state index < -0.39 is 28.9 Å². The van der Waals surface area contributed by atoms with Gasteiger partial charge in [-0.25, -0.2) is 18.2 Å². The summed E-state index contributed by atoms with van der Waals surface area (Å²) in [7, 11) is 0. The topological polar surface area (TPSA) is 104 Å². The van der Waals surface area contributed by atoms with Crippen LogP contribution in [0.4, 0.5) is 19.0 Å². The summed E-state index contributed by atoms with van der Waals surface area (Å²) in [5.74, 6) is 0.967. The Morgan fingerprint density at radius 1 is 1.17 bits per heavy atom. The van der Waals surface area contributed by atoms with Gasteiger partial charge < -0.3 is 24.6 Å². The Labute approximate surface area is 263 Å². The van der Waals surface area contributed by atoms with Gasteiger partial charge in [0.15, 0.2) is 5.82 Å². The number of nitrogens with zero attached hydrogens (tertiary/aromatic N) is 5. The fourth-order valence-electron chi connectivity index (χ4n) is 7.86. The summed E-state index contributed by atoms with van der Waals surface area (Å²) in [5, 5.41) is 22.4. The lowest BCUT2D eigenvalue weighted by atomic mass is 9.90. The lowest BCUT2D eigenvalue weighted by molar-refractivity contribution is 0.0321. The van der Waals surface area contributed by atoms with Crippen LogP contribution >= 0.6 is 0 Å². The van der Waals surface area contributed by atoms with E-state index in [2.05, 4.69) is 20.8 Å². The zero-order valence-electron chi connectivity index (χ0n) is 25.2. The van der Waals surface area contributed by atoms with Crippen molar-refractivity contribution in [2.45, 2.75) is 62.4 Å². The standard InChI is InChI=1S/C34H32F3N5O4/c1-3-22-24(36)6-5-18-11-21(43)12-23(25(18)22)28-27(37)29-26-30(42-16-33(2,44)9-7-20(42)15-45-31(26)38-28)40-32(39-29)46-17-34-8-4-10-41(34)14-19(35)13-34/h1,5-6,11-12,19-20,43-44H,4,7-10,13-17H2,2H3/t19-,20+,33-,34+/m1/s1. The molecule has 0 spiro atoms. The number of anilines is 1. The van der Waals surface area contributed by atoms with Gasteiger partial charge in [0.2, 0.25) is 5.88 Å². The highest BCUT2D eigenvalue weighted by atomic mass is 19.1. The molecule has 0 aliphatic carbocycles. The highest BCUT2D eigenvalue weighted by Crippen LogP contribution is 2.45. The zero-order chi connectivity index (χ0) is 32.0. The molecule has 0 unspecified atom stereocenters. The zero-order valence-corrected chi connectivity index (χ0v) is 25.2. The Bertz CT molecular complexity index is 1970. The van der Waals surface area contributed by atoms with Crippen LogP contribution in [0.15, 0.2) is 24.3 Å². The molecule has 0 amide bonds. The van der Waals surface area contributed by atoms with E-state index in [9.17, 15) is 19.0 Å². The van der Waals surface area contributed by atoms with Crippen LogP contribution in [-0.4, -0.2) is 86.3 Å². The molecule has 0 radical (unpaired) electrons. The number of halogens is 3. The van der Waals surface area contributed by atoms with E-state index in [0.717, 1.165) is 19.4 Å². The van der Waals surface area contributed by atoms with Gasteiger partial charge in [0.25, 0.3) is 0 Å². The summed E-state index contributed by atoms with van der Waals surface area (Å²) in [6.07, 6.45) is 7.87. The number of hydrogen-bond donors (Lipinski definition) is 2. The van der Waals surface area contributed by atoms with Gasteiger partial charge in [0.05, 0.1) is 22.7 Å². The third-order valence-corrected chi connectivity index (χ3v) is 10.0. The molecule has 4 atom stereocenters. The average molecular weight is 632 g/mol. The molecule has 3 saturated heterocycles. The van der Waals surface area contributed by atoms with Crippen molar-refractivity contribution in [3.05, 3.63) is 41.5 Å². The molecule has 4 aromatic rings. The van der Waals surface area contributed by atoms with Gasteiger partial charge >= 0.3 is 6.01 Å². The van der Waals surface area contributed by atoms with Crippen LogP contribution < -0.4 is 14.4 Å². The number of pyridine rings is 1. The van der Waals surface area contributed by atoms with E-state index in [1.807, 2.05) is 4.90 Å². The first-order valence-electron chi connectivity index (χ1n) is 15.5. The number of phenolic OH excluding ortho intramolecular Hbond substituents is 1. The molecule has 2 aromatic heterocycles. The largest absolute Gasteiger partial charge is 0.508 e. The van der Waals surface area contributed by atoms with Crippen LogP contribution in [0.25, 0.3) is 32.9 Å². The Balaban J connectivity index is 1.34. The fourth-order valence-corrected chi connectivity index (χ4v) is 7.86. The molecule has 12 heteroatoms. The van der Waals surface area contributed by atoms with Crippen molar-refractivity contribution in [1.29, 1.82) is 0 Å². The van der Waals surface area contributed by atoms with Gasteiger partial charge in [-0.2, -0.15) is 9.97 Å². The highest BCUT2D eigenvalue weighted by Gasteiger charge is 2.49. The third kappa shape index (κ3) is 4.51. The van der Waals surface area contributed by atoms with Gasteiger partial charge in [0, 0.05) is 30.5 Å². The number of aromatic nitrogens is 3. The number of fused-ring (bicyclic) bond motifs is 4. The van der Waals surface area contributed by atoms with Crippen molar-refractivity contribution in [1.82, 2.24) is 19.9 Å². The van der Waals surface area contributed by atoms with Crippen LogP contribution in [-0.2, 0) is 0 Å². The summed E-state index contributed by atoms with van der Waals surface area (Å²) in [5.41, 5.74) is -1.97. The molecule has 0 bridgehead atoms. The number of phenols is 1.